The van der Waals surface area contributed by atoms with Gasteiger partial charge in [0.05, 0.1) is 11.5 Å². The van der Waals surface area contributed by atoms with Crippen molar-refractivity contribution in [2.75, 3.05) is 11.1 Å². The van der Waals surface area contributed by atoms with Gasteiger partial charge in [-0.05, 0) is 29.3 Å². The van der Waals surface area contributed by atoms with E-state index in [1.54, 1.807) is 18.2 Å². The number of nitrogens with two attached hydrogens (primary N) is 1. The van der Waals surface area contributed by atoms with Gasteiger partial charge >= 0.3 is 5.63 Å². The van der Waals surface area contributed by atoms with Crippen molar-refractivity contribution in [1.29, 1.82) is 0 Å². The van der Waals surface area contributed by atoms with Gasteiger partial charge < -0.3 is 19.9 Å². The molecule has 36 heavy (non-hydrogen) atoms. The lowest BCUT2D eigenvalue weighted by molar-refractivity contribution is -0.111. The number of hydrogen-bond donors (Lipinski definition) is 2. The molecule has 3 N–H and O–H groups in total. The molecule has 0 aliphatic carbocycles. The van der Waals surface area contributed by atoms with Crippen molar-refractivity contribution in [1.82, 2.24) is 9.55 Å². The normalized spacial score (nSPS) is 14.8. The minimum atomic E-state index is -0.680. The summed E-state index contributed by atoms with van der Waals surface area (Å²) < 4.78 is 13.0. The average Bonchev–Trinajstić information content (AvgIpc) is 3.43. The molecule has 0 radical (unpaired) electrons. The van der Waals surface area contributed by atoms with Crippen molar-refractivity contribution in [2.24, 2.45) is 0 Å². The first-order valence-electron chi connectivity index (χ1n) is 11.3. The molecule has 176 valence electrons. The fourth-order valence-corrected chi connectivity index (χ4v) is 4.46. The van der Waals surface area contributed by atoms with E-state index in [1.807, 2.05) is 78.9 Å². The predicted octanol–water partition coefficient (Wildman–Crippen LogP) is 2.76. The number of rotatable bonds is 4. The third-order valence-corrected chi connectivity index (χ3v) is 6.00. The maximum atomic E-state index is 13.8. The zero-order valence-corrected chi connectivity index (χ0v) is 18.9. The number of carbonyl (C=O) groups excluding carboxylic acids is 1. The largest absolute Gasteiger partial charge is 0.406 e. The zero-order chi connectivity index (χ0) is 24.6. The molecule has 1 aliphatic heterocycles. The van der Waals surface area contributed by atoms with Crippen molar-refractivity contribution in [3.8, 4) is 5.88 Å². The van der Waals surface area contributed by atoms with Crippen LogP contribution < -0.4 is 27.6 Å². The highest BCUT2D eigenvalue weighted by molar-refractivity contribution is 6.22. The lowest BCUT2D eigenvalue weighted by Gasteiger charge is -2.22. The molecular formula is C28H20N4O4. The van der Waals surface area contributed by atoms with Crippen LogP contribution in [-0.4, -0.2) is 15.5 Å². The van der Waals surface area contributed by atoms with Gasteiger partial charge in [-0.3, -0.25) is 4.79 Å². The fraction of sp³-hybridized carbons (Fsp3) is 0.0357. The number of benzene rings is 3. The number of anilines is 2. The highest BCUT2D eigenvalue weighted by Crippen LogP contribution is 2.38. The van der Waals surface area contributed by atoms with E-state index in [4.69, 9.17) is 14.6 Å². The van der Waals surface area contributed by atoms with Crippen LogP contribution in [0.2, 0.25) is 0 Å². The second kappa shape index (κ2) is 8.59. The number of nitrogens with one attached hydrogen (secondary N) is 1. The highest BCUT2D eigenvalue weighted by atomic mass is 16.4. The Bertz CT molecular complexity index is 1750. The smallest absolute Gasteiger partial charge is 0.362 e. The maximum Gasteiger partial charge on any atom is 0.362 e. The number of carbonyl (C=O) groups is 1. The van der Waals surface area contributed by atoms with Crippen molar-refractivity contribution < 1.29 is 13.6 Å². The molecule has 8 heteroatoms. The highest BCUT2D eigenvalue weighted by Gasteiger charge is 2.38. The van der Waals surface area contributed by atoms with Crippen molar-refractivity contribution >= 4 is 29.3 Å². The Morgan fingerprint density at radius 1 is 0.917 bits per heavy atom. The first-order chi connectivity index (χ1) is 17.6. The van der Waals surface area contributed by atoms with Crippen molar-refractivity contribution in [3.05, 3.63) is 129 Å². The maximum absolute atomic E-state index is 13.8. The Morgan fingerprint density at radius 2 is 1.56 bits per heavy atom. The summed E-state index contributed by atoms with van der Waals surface area (Å²) in [6.07, 6.45) is 1.67. The molecule has 0 spiro atoms. The monoisotopic (exact) mass is 476 g/mol. The Kier molecular flexibility index (Phi) is 5.11. The van der Waals surface area contributed by atoms with Gasteiger partial charge in [-0.2, -0.15) is 4.98 Å². The second-order valence-electron chi connectivity index (χ2n) is 8.29. The Labute approximate surface area is 204 Å². The summed E-state index contributed by atoms with van der Waals surface area (Å²) in [5.41, 5.74) is 8.22. The van der Waals surface area contributed by atoms with E-state index in [-0.39, 0.29) is 28.4 Å². The Hall–Kier alpha value is -5.11. The molecule has 0 fully saturated rings. The van der Waals surface area contributed by atoms with Crippen LogP contribution in [0.5, 0.6) is 0 Å². The second-order valence-corrected chi connectivity index (χ2v) is 8.29. The third kappa shape index (κ3) is 3.61. The predicted molar refractivity (Wildman–Crippen MR) is 135 cm³/mol. The number of nitrogens with zero attached hydrogens (tertiary/aromatic N) is 2. The number of hydrogen-bond acceptors (Lipinski definition) is 6. The van der Waals surface area contributed by atoms with Gasteiger partial charge in [-0.1, -0.05) is 78.9 Å². The number of para-hydroxylation sites is 1. The Morgan fingerprint density at radius 3 is 2.25 bits per heavy atom. The summed E-state index contributed by atoms with van der Waals surface area (Å²) in [5.74, 6) is -0.877. The summed E-state index contributed by atoms with van der Waals surface area (Å²) >= 11 is 0. The minimum absolute atomic E-state index is 0.0631. The van der Waals surface area contributed by atoms with E-state index in [0.29, 0.717) is 11.4 Å². The number of oxazole rings is 2. The molecule has 0 saturated heterocycles. The summed E-state index contributed by atoms with van der Waals surface area (Å²) in [6, 6.07) is 27.7. The van der Waals surface area contributed by atoms with Gasteiger partial charge in [-0.15, -0.1) is 0 Å². The van der Waals surface area contributed by atoms with Crippen LogP contribution in [0, 0.1) is 0 Å². The number of nitrogen functional groups attached to an aromatic ring is 1. The van der Waals surface area contributed by atoms with Crippen LogP contribution in [-0.2, 0) is 4.79 Å². The molecule has 2 aromatic heterocycles. The fourth-order valence-electron chi connectivity index (χ4n) is 4.46. The van der Waals surface area contributed by atoms with Gasteiger partial charge in [0.15, 0.2) is 0 Å². The molecule has 3 heterocycles. The number of fused-ring (bicyclic) bond motifs is 3. The molecule has 5 aromatic rings. The quantitative estimate of drug-likeness (QED) is 0.412. The lowest BCUT2D eigenvalue weighted by atomic mass is 9.86. The molecular weight excluding hydrogens is 456 g/mol. The molecule has 1 amide bonds. The van der Waals surface area contributed by atoms with Crippen LogP contribution in [0.1, 0.15) is 22.7 Å². The van der Waals surface area contributed by atoms with E-state index >= 15 is 0 Å². The van der Waals surface area contributed by atoms with Gasteiger partial charge in [0.25, 0.3) is 11.9 Å². The van der Waals surface area contributed by atoms with E-state index in [0.717, 1.165) is 11.1 Å². The minimum Gasteiger partial charge on any atom is -0.406 e. The van der Waals surface area contributed by atoms with Crippen LogP contribution in [0.15, 0.2) is 105 Å². The average molecular weight is 476 g/mol. The Balaban J connectivity index is 1.68. The molecule has 0 bridgehead atoms. The first kappa shape index (κ1) is 21.4. The molecule has 1 unspecified atom stereocenters. The topological polar surface area (TPSA) is 116 Å². The van der Waals surface area contributed by atoms with Gasteiger partial charge in [0, 0.05) is 5.69 Å². The van der Waals surface area contributed by atoms with Crippen LogP contribution in [0.4, 0.5) is 11.7 Å². The summed E-state index contributed by atoms with van der Waals surface area (Å²) in [5, 5.41) is 3.10. The molecule has 1 atom stereocenters. The molecule has 0 saturated carbocycles. The van der Waals surface area contributed by atoms with E-state index in [1.165, 1.54) is 4.57 Å². The van der Waals surface area contributed by atoms with Crippen LogP contribution in [0.25, 0.3) is 17.5 Å². The van der Waals surface area contributed by atoms with Gasteiger partial charge in [-0.25, -0.2) is 9.36 Å². The molecule has 6 rings (SSSR count). The summed E-state index contributed by atoms with van der Waals surface area (Å²) in [4.78, 5) is 31.4. The molecule has 3 aromatic carbocycles. The third-order valence-electron chi connectivity index (χ3n) is 6.00. The van der Waals surface area contributed by atoms with E-state index < -0.39 is 17.5 Å². The van der Waals surface area contributed by atoms with E-state index in [9.17, 15) is 9.59 Å². The van der Waals surface area contributed by atoms with E-state index in [2.05, 4.69) is 10.3 Å². The first-order valence-corrected chi connectivity index (χ1v) is 11.3. The molecule has 8 nitrogen and oxygen atoms in total. The molecule has 1 aliphatic rings. The number of amides is 1. The summed E-state index contributed by atoms with van der Waals surface area (Å²) in [6.45, 7) is 0. The SMILES string of the molecule is Nc1nc2c(o1)-n1c(oc(=O)/c1=C/c1ccccc1)=C(C(=O)Nc1ccccc1)C2c1ccccc1. The van der Waals surface area contributed by atoms with Gasteiger partial charge in [0.2, 0.25) is 11.4 Å². The zero-order valence-electron chi connectivity index (χ0n) is 18.9. The van der Waals surface area contributed by atoms with Crippen LogP contribution in [0.3, 0.4) is 0 Å². The number of aromatic nitrogens is 2. The lowest BCUT2D eigenvalue weighted by Crippen LogP contribution is -2.38. The summed E-state index contributed by atoms with van der Waals surface area (Å²) in [7, 11) is 0. The van der Waals surface area contributed by atoms with Gasteiger partial charge in [0.1, 0.15) is 11.0 Å². The van der Waals surface area contributed by atoms with Crippen molar-refractivity contribution in [3.63, 3.8) is 0 Å². The van der Waals surface area contributed by atoms with Crippen molar-refractivity contribution in [2.45, 2.75) is 5.92 Å². The van der Waals surface area contributed by atoms with Crippen LogP contribution >= 0.6 is 0 Å². The standard InChI is InChI=1S/C28H20N4O4/c29-28-31-23-21(18-12-6-2-7-13-18)22(24(33)30-19-14-8-3-9-15-19)25-32(26(23)36-28)20(27(34)35-25)16-17-10-4-1-5-11-17/h1-16,21H,(H2,29,31)(H,30,33)/b20-16-.